The number of likely N-dealkylation sites (tertiary alicyclic amines) is 1. The molecule has 4 heteroatoms. The summed E-state index contributed by atoms with van der Waals surface area (Å²) in [6, 6.07) is 6.25. The standard InChI is InChI=1S/C16H25NO3/c1-12(2)20-16-9-15(19-3)7-6-13(16)10-17-8-4-5-14(17)11-18/h6-7,9,12,14,18H,4-5,8,10-11H2,1-3H3. The van der Waals surface area contributed by atoms with E-state index in [1.807, 2.05) is 26.0 Å². The van der Waals surface area contributed by atoms with E-state index >= 15 is 0 Å². The Bertz CT molecular complexity index is 434. The average molecular weight is 279 g/mol. The van der Waals surface area contributed by atoms with Gasteiger partial charge in [-0.25, -0.2) is 0 Å². The number of aliphatic hydroxyl groups is 1. The van der Waals surface area contributed by atoms with Crippen molar-refractivity contribution in [2.75, 3.05) is 20.3 Å². The van der Waals surface area contributed by atoms with E-state index in [-0.39, 0.29) is 18.8 Å². The first kappa shape index (κ1) is 15.1. The third kappa shape index (κ3) is 3.64. The molecule has 1 fully saturated rings. The number of benzene rings is 1. The van der Waals surface area contributed by atoms with Gasteiger partial charge in [-0.15, -0.1) is 0 Å². The first-order chi connectivity index (χ1) is 9.63. The first-order valence-corrected chi connectivity index (χ1v) is 7.32. The molecule has 4 nitrogen and oxygen atoms in total. The van der Waals surface area contributed by atoms with Gasteiger partial charge in [-0.1, -0.05) is 6.07 Å². The van der Waals surface area contributed by atoms with Crippen LogP contribution in [0.15, 0.2) is 18.2 Å². The second-order valence-electron chi connectivity index (χ2n) is 5.59. The maximum absolute atomic E-state index is 9.42. The molecule has 1 aromatic carbocycles. The normalized spacial score (nSPS) is 19.6. The fourth-order valence-corrected chi connectivity index (χ4v) is 2.68. The molecule has 1 aliphatic heterocycles. The molecule has 2 rings (SSSR count). The second kappa shape index (κ2) is 6.95. The van der Waals surface area contributed by atoms with Crippen molar-refractivity contribution in [3.05, 3.63) is 23.8 Å². The lowest BCUT2D eigenvalue weighted by Gasteiger charge is -2.24. The van der Waals surface area contributed by atoms with Crippen molar-refractivity contribution >= 4 is 0 Å². The summed E-state index contributed by atoms with van der Waals surface area (Å²) >= 11 is 0. The van der Waals surface area contributed by atoms with Crippen LogP contribution in [0.2, 0.25) is 0 Å². The van der Waals surface area contributed by atoms with Crippen molar-refractivity contribution in [2.24, 2.45) is 0 Å². The summed E-state index contributed by atoms with van der Waals surface area (Å²) < 4.78 is 11.2. The highest BCUT2D eigenvalue weighted by atomic mass is 16.5. The molecule has 1 aliphatic rings. The maximum atomic E-state index is 9.42. The Balaban J connectivity index is 2.17. The lowest BCUT2D eigenvalue weighted by atomic mass is 10.1. The van der Waals surface area contributed by atoms with Crippen molar-refractivity contribution in [1.82, 2.24) is 4.90 Å². The molecule has 0 bridgehead atoms. The third-order valence-corrected chi connectivity index (χ3v) is 3.72. The van der Waals surface area contributed by atoms with Crippen molar-refractivity contribution in [3.8, 4) is 11.5 Å². The highest BCUT2D eigenvalue weighted by Gasteiger charge is 2.24. The van der Waals surface area contributed by atoms with E-state index in [2.05, 4.69) is 11.0 Å². The van der Waals surface area contributed by atoms with Gasteiger partial charge in [-0.2, -0.15) is 0 Å². The molecule has 0 spiro atoms. The van der Waals surface area contributed by atoms with Gasteiger partial charge in [0.1, 0.15) is 11.5 Å². The van der Waals surface area contributed by atoms with Crippen LogP contribution in [0.25, 0.3) is 0 Å². The van der Waals surface area contributed by atoms with E-state index in [0.29, 0.717) is 0 Å². The molecule has 0 amide bonds. The lowest BCUT2D eigenvalue weighted by Crippen LogP contribution is -2.31. The summed E-state index contributed by atoms with van der Waals surface area (Å²) in [5.74, 6) is 1.69. The Kier molecular flexibility index (Phi) is 5.26. The third-order valence-electron chi connectivity index (χ3n) is 3.72. The lowest BCUT2D eigenvalue weighted by molar-refractivity contribution is 0.151. The Hall–Kier alpha value is -1.26. The Morgan fingerprint density at radius 3 is 2.85 bits per heavy atom. The zero-order valence-corrected chi connectivity index (χ0v) is 12.6. The fraction of sp³-hybridized carbons (Fsp3) is 0.625. The Morgan fingerprint density at radius 1 is 1.40 bits per heavy atom. The summed E-state index contributed by atoms with van der Waals surface area (Å²) in [6.45, 7) is 6.14. The van der Waals surface area contributed by atoms with Crippen LogP contribution >= 0.6 is 0 Å². The number of hydrogen-bond acceptors (Lipinski definition) is 4. The molecule has 112 valence electrons. The van der Waals surface area contributed by atoms with Gasteiger partial charge in [-0.05, 0) is 39.3 Å². The minimum absolute atomic E-state index is 0.132. The number of nitrogens with zero attached hydrogens (tertiary/aromatic N) is 1. The highest BCUT2D eigenvalue weighted by molar-refractivity contribution is 5.41. The smallest absolute Gasteiger partial charge is 0.127 e. The highest BCUT2D eigenvalue weighted by Crippen LogP contribution is 2.29. The second-order valence-corrected chi connectivity index (χ2v) is 5.59. The zero-order valence-electron chi connectivity index (χ0n) is 12.6. The molecule has 0 aliphatic carbocycles. The van der Waals surface area contributed by atoms with Crippen LogP contribution in [-0.4, -0.2) is 42.4 Å². The predicted molar refractivity (Wildman–Crippen MR) is 79.3 cm³/mol. The van der Waals surface area contributed by atoms with Crippen molar-refractivity contribution in [1.29, 1.82) is 0 Å². The van der Waals surface area contributed by atoms with Gasteiger partial charge in [0.15, 0.2) is 0 Å². The van der Waals surface area contributed by atoms with E-state index in [0.717, 1.165) is 43.0 Å². The maximum Gasteiger partial charge on any atom is 0.127 e. The van der Waals surface area contributed by atoms with Gasteiger partial charge in [0.25, 0.3) is 0 Å². The summed E-state index contributed by atoms with van der Waals surface area (Å²) in [7, 11) is 1.66. The van der Waals surface area contributed by atoms with Crippen LogP contribution in [0.1, 0.15) is 32.3 Å². The van der Waals surface area contributed by atoms with Gasteiger partial charge < -0.3 is 14.6 Å². The SMILES string of the molecule is COc1ccc(CN2CCCC2CO)c(OC(C)C)c1. The number of hydrogen-bond donors (Lipinski definition) is 1. The van der Waals surface area contributed by atoms with Crippen molar-refractivity contribution in [3.63, 3.8) is 0 Å². The van der Waals surface area contributed by atoms with E-state index in [4.69, 9.17) is 9.47 Å². The van der Waals surface area contributed by atoms with Crippen LogP contribution in [0.4, 0.5) is 0 Å². The van der Waals surface area contributed by atoms with Crippen LogP contribution < -0.4 is 9.47 Å². The van der Waals surface area contributed by atoms with Crippen molar-refractivity contribution in [2.45, 2.75) is 45.4 Å². The molecule has 1 unspecified atom stereocenters. The van der Waals surface area contributed by atoms with Crippen molar-refractivity contribution < 1.29 is 14.6 Å². The zero-order chi connectivity index (χ0) is 14.5. The largest absolute Gasteiger partial charge is 0.497 e. The molecule has 1 atom stereocenters. The predicted octanol–water partition coefficient (Wildman–Crippen LogP) is 2.44. The van der Waals surface area contributed by atoms with Gasteiger partial charge in [-0.3, -0.25) is 4.90 Å². The minimum atomic E-state index is 0.132. The van der Waals surface area contributed by atoms with E-state index in [9.17, 15) is 5.11 Å². The first-order valence-electron chi connectivity index (χ1n) is 7.32. The molecule has 1 saturated heterocycles. The van der Waals surface area contributed by atoms with Crippen LogP contribution in [0.3, 0.4) is 0 Å². The molecule has 0 saturated carbocycles. The fourth-order valence-electron chi connectivity index (χ4n) is 2.68. The molecule has 0 aromatic heterocycles. The van der Waals surface area contributed by atoms with E-state index < -0.39 is 0 Å². The topological polar surface area (TPSA) is 41.9 Å². The molecular formula is C16H25NO3. The summed E-state index contributed by atoms with van der Waals surface area (Å²) in [5.41, 5.74) is 1.15. The Morgan fingerprint density at radius 2 is 2.20 bits per heavy atom. The quantitative estimate of drug-likeness (QED) is 0.868. The van der Waals surface area contributed by atoms with Crippen LogP contribution in [-0.2, 0) is 6.54 Å². The molecular weight excluding hydrogens is 254 g/mol. The summed E-state index contributed by atoms with van der Waals surface area (Å²) in [4.78, 5) is 2.33. The van der Waals surface area contributed by atoms with E-state index in [1.165, 1.54) is 0 Å². The van der Waals surface area contributed by atoms with Crippen LogP contribution in [0, 0.1) is 0 Å². The number of methoxy groups -OCH3 is 1. The monoisotopic (exact) mass is 279 g/mol. The van der Waals surface area contributed by atoms with Gasteiger partial charge >= 0.3 is 0 Å². The molecule has 20 heavy (non-hydrogen) atoms. The van der Waals surface area contributed by atoms with Gasteiger partial charge in [0, 0.05) is 24.2 Å². The summed E-state index contributed by atoms with van der Waals surface area (Å²) in [5, 5.41) is 9.42. The molecule has 1 heterocycles. The average Bonchev–Trinajstić information content (AvgIpc) is 2.87. The molecule has 1 aromatic rings. The Labute approximate surface area is 121 Å². The van der Waals surface area contributed by atoms with Crippen LogP contribution in [0.5, 0.6) is 11.5 Å². The molecule has 0 radical (unpaired) electrons. The molecule has 1 N–H and O–H groups in total. The minimum Gasteiger partial charge on any atom is -0.497 e. The number of aliphatic hydroxyl groups excluding tert-OH is 1. The van der Waals surface area contributed by atoms with E-state index in [1.54, 1.807) is 7.11 Å². The van der Waals surface area contributed by atoms with Gasteiger partial charge in [0.2, 0.25) is 0 Å². The number of rotatable bonds is 6. The number of ether oxygens (including phenoxy) is 2. The van der Waals surface area contributed by atoms with Gasteiger partial charge in [0.05, 0.1) is 19.8 Å². The summed E-state index contributed by atoms with van der Waals surface area (Å²) in [6.07, 6.45) is 2.36.